The highest BCUT2D eigenvalue weighted by Gasteiger charge is 2.44. The van der Waals surface area contributed by atoms with Crippen LogP contribution in [0.15, 0.2) is 0 Å². The molecule has 0 aliphatic carbocycles. The second-order valence-corrected chi connectivity index (χ2v) is 4.44. The van der Waals surface area contributed by atoms with Crippen molar-refractivity contribution in [2.75, 3.05) is 19.8 Å². The molecule has 0 spiro atoms. The Labute approximate surface area is 115 Å². The lowest BCUT2D eigenvalue weighted by molar-refractivity contribution is -0.315. The van der Waals surface area contributed by atoms with E-state index in [0.29, 0.717) is 0 Å². The second kappa shape index (κ2) is 7.84. The highest BCUT2D eigenvalue weighted by Crippen LogP contribution is 2.22. The Morgan fingerprint density at radius 1 is 1.20 bits per heavy atom. The molecule has 0 saturated carbocycles. The minimum atomic E-state index is -1.57. The largest absolute Gasteiger partial charge is 0.463 e. The zero-order valence-electron chi connectivity index (χ0n) is 11.0. The number of aliphatic hydroxyl groups is 5. The summed E-state index contributed by atoms with van der Waals surface area (Å²) >= 11 is 0. The van der Waals surface area contributed by atoms with Crippen LogP contribution in [0.4, 0.5) is 0 Å². The van der Waals surface area contributed by atoms with E-state index in [1.807, 2.05) is 0 Å². The van der Waals surface area contributed by atoms with Crippen LogP contribution >= 0.6 is 0 Å². The van der Waals surface area contributed by atoms with Crippen molar-refractivity contribution in [2.24, 2.45) is 0 Å². The zero-order valence-corrected chi connectivity index (χ0v) is 11.0. The molecule has 20 heavy (non-hydrogen) atoms. The van der Waals surface area contributed by atoms with Gasteiger partial charge < -0.3 is 39.7 Å². The number of hydrogen-bond donors (Lipinski definition) is 5. The summed E-state index contributed by atoms with van der Waals surface area (Å²) in [7, 11) is 0. The number of esters is 1. The fourth-order valence-corrected chi connectivity index (χ4v) is 1.71. The summed E-state index contributed by atoms with van der Waals surface area (Å²) in [6.45, 7) is -0.177. The van der Waals surface area contributed by atoms with Crippen molar-refractivity contribution < 1.29 is 44.5 Å². The van der Waals surface area contributed by atoms with Crippen LogP contribution in [-0.2, 0) is 19.0 Å². The van der Waals surface area contributed by atoms with E-state index in [1.165, 1.54) is 6.92 Å². The molecule has 0 aromatic rings. The number of hydrogen-bond acceptors (Lipinski definition) is 9. The van der Waals surface area contributed by atoms with Gasteiger partial charge in [-0.15, -0.1) is 0 Å². The second-order valence-electron chi connectivity index (χ2n) is 4.44. The first-order valence-corrected chi connectivity index (χ1v) is 6.10. The summed E-state index contributed by atoms with van der Waals surface area (Å²) < 4.78 is 14.9. The van der Waals surface area contributed by atoms with Gasteiger partial charge in [0, 0.05) is 6.92 Å². The minimum absolute atomic E-state index is 0.263. The van der Waals surface area contributed by atoms with Crippen LogP contribution in [0.1, 0.15) is 6.92 Å². The van der Waals surface area contributed by atoms with Gasteiger partial charge in [-0.25, -0.2) is 0 Å². The van der Waals surface area contributed by atoms with Crippen LogP contribution in [0.25, 0.3) is 0 Å². The maximum Gasteiger partial charge on any atom is 0.302 e. The van der Waals surface area contributed by atoms with Crippen molar-refractivity contribution in [3.8, 4) is 0 Å². The van der Waals surface area contributed by atoms with Gasteiger partial charge in [0.1, 0.15) is 37.1 Å². The number of rotatable bonds is 6. The maximum atomic E-state index is 10.7. The molecule has 1 saturated heterocycles. The minimum Gasteiger partial charge on any atom is -0.463 e. The molecule has 6 atom stereocenters. The highest BCUT2D eigenvalue weighted by atomic mass is 16.7. The Bertz CT molecular complexity index is 308. The molecule has 1 aliphatic heterocycles. The molecule has 0 amide bonds. The van der Waals surface area contributed by atoms with Crippen LogP contribution in [0.3, 0.4) is 0 Å². The average molecular weight is 296 g/mol. The van der Waals surface area contributed by atoms with Crippen LogP contribution in [0.5, 0.6) is 0 Å². The molecule has 0 aromatic heterocycles. The number of ether oxygens (including phenoxy) is 3. The Balaban J connectivity index is 2.61. The zero-order chi connectivity index (χ0) is 15.3. The van der Waals surface area contributed by atoms with Crippen LogP contribution < -0.4 is 0 Å². The first-order chi connectivity index (χ1) is 9.40. The molecule has 1 aliphatic rings. The van der Waals surface area contributed by atoms with Gasteiger partial charge in [-0.1, -0.05) is 0 Å². The van der Waals surface area contributed by atoms with E-state index in [4.69, 9.17) is 19.7 Å². The molecule has 9 heteroatoms. The van der Waals surface area contributed by atoms with Gasteiger partial charge in [0.05, 0.1) is 13.2 Å². The molecule has 118 valence electrons. The third-order valence-electron chi connectivity index (χ3n) is 2.85. The Morgan fingerprint density at radius 2 is 1.85 bits per heavy atom. The predicted octanol–water partition coefficient (Wildman–Crippen LogP) is -3.27. The molecule has 0 bridgehead atoms. The van der Waals surface area contributed by atoms with E-state index in [9.17, 15) is 20.1 Å². The van der Waals surface area contributed by atoms with Crippen molar-refractivity contribution in [2.45, 2.75) is 43.7 Å². The fourth-order valence-electron chi connectivity index (χ4n) is 1.71. The summed E-state index contributed by atoms with van der Waals surface area (Å²) in [5.41, 5.74) is 0. The van der Waals surface area contributed by atoms with E-state index in [2.05, 4.69) is 4.74 Å². The maximum absolute atomic E-state index is 10.7. The van der Waals surface area contributed by atoms with Crippen molar-refractivity contribution in [1.29, 1.82) is 0 Å². The highest BCUT2D eigenvalue weighted by molar-refractivity contribution is 5.65. The normalized spacial score (nSPS) is 35.6. The number of aliphatic hydroxyl groups excluding tert-OH is 5. The fraction of sp³-hybridized carbons (Fsp3) is 0.909. The molecular weight excluding hydrogens is 276 g/mol. The monoisotopic (exact) mass is 296 g/mol. The van der Waals surface area contributed by atoms with Gasteiger partial charge in [-0.05, 0) is 0 Å². The molecule has 1 heterocycles. The van der Waals surface area contributed by atoms with Crippen molar-refractivity contribution >= 4 is 5.97 Å². The summed E-state index contributed by atoms with van der Waals surface area (Å²) in [5.74, 6) is -0.569. The van der Waals surface area contributed by atoms with E-state index in [1.54, 1.807) is 0 Å². The Kier molecular flexibility index (Phi) is 6.76. The van der Waals surface area contributed by atoms with Crippen molar-refractivity contribution in [3.63, 3.8) is 0 Å². The van der Waals surface area contributed by atoms with E-state index in [0.717, 1.165) is 0 Å². The third-order valence-corrected chi connectivity index (χ3v) is 2.85. The molecule has 0 aromatic carbocycles. The van der Waals surface area contributed by atoms with Crippen molar-refractivity contribution in [3.05, 3.63) is 0 Å². The number of carbonyl (C=O) groups excluding carboxylic acids is 1. The van der Waals surface area contributed by atoms with Gasteiger partial charge in [-0.2, -0.15) is 0 Å². The molecule has 5 N–H and O–H groups in total. The van der Waals surface area contributed by atoms with Gasteiger partial charge in [0.2, 0.25) is 0 Å². The predicted molar refractivity (Wildman–Crippen MR) is 62.4 cm³/mol. The lowest BCUT2D eigenvalue weighted by Gasteiger charge is -2.40. The van der Waals surface area contributed by atoms with Gasteiger partial charge in [0.25, 0.3) is 0 Å². The first-order valence-electron chi connectivity index (χ1n) is 6.10. The molecule has 1 unspecified atom stereocenters. The van der Waals surface area contributed by atoms with Crippen LogP contribution in [0, 0.1) is 0 Å². The van der Waals surface area contributed by atoms with E-state index < -0.39 is 56.0 Å². The molecule has 9 nitrogen and oxygen atoms in total. The van der Waals surface area contributed by atoms with E-state index >= 15 is 0 Å². The van der Waals surface area contributed by atoms with Gasteiger partial charge >= 0.3 is 5.97 Å². The van der Waals surface area contributed by atoms with Crippen molar-refractivity contribution in [1.82, 2.24) is 0 Å². The standard InChI is InChI=1S/C11H20O9/c1-5(14)18-4-6(2-12)19-11-10(17)9(16)8(15)7(3-13)20-11/h6-13,15-17H,2-4H2,1H3/t6?,7-,8+,9-,10-,11+/m0/s1. The van der Waals surface area contributed by atoms with Gasteiger partial charge in [-0.3, -0.25) is 4.79 Å². The summed E-state index contributed by atoms with van der Waals surface area (Å²) in [6.07, 6.45) is -8.08. The SMILES string of the molecule is CC(=O)OCC(CO)O[C@@H]1O[C@@H](CO)[C@@H](O)[C@H](O)[C@@H]1O. The average Bonchev–Trinajstić information content (AvgIpc) is 2.43. The van der Waals surface area contributed by atoms with Crippen LogP contribution in [0.2, 0.25) is 0 Å². The quantitative estimate of drug-likeness (QED) is 0.318. The summed E-state index contributed by atoms with van der Waals surface area (Å²) in [4.78, 5) is 10.7. The topological polar surface area (TPSA) is 146 Å². The molecule has 1 rings (SSSR count). The van der Waals surface area contributed by atoms with Gasteiger partial charge in [0.15, 0.2) is 6.29 Å². The molecule has 0 radical (unpaired) electrons. The number of carbonyl (C=O) groups is 1. The molecular formula is C11H20O9. The Hall–Kier alpha value is -0.810. The third kappa shape index (κ3) is 4.35. The smallest absolute Gasteiger partial charge is 0.302 e. The summed E-state index contributed by atoms with van der Waals surface area (Å²) in [5, 5.41) is 46.9. The Morgan fingerprint density at radius 3 is 2.35 bits per heavy atom. The van der Waals surface area contributed by atoms with E-state index in [-0.39, 0.29) is 6.61 Å². The molecule has 1 fully saturated rings. The van der Waals surface area contributed by atoms with Crippen LogP contribution in [-0.4, -0.2) is 88.1 Å². The lowest BCUT2D eigenvalue weighted by atomic mass is 9.99. The summed E-state index contributed by atoms with van der Waals surface area (Å²) in [6, 6.07) is 0. The lowest BCUT2D eigenvalue weighted by Crippen LogP contribution is -2.60. The first kappa shape index (κ1) is 17.2.